The van der Waals surface area contributed by atoms with Gasteiger partial charge in [-0.1, -0.05) is 60.0 Å². The van der Waals surface area contributed by atoms with Gasteiger partial charge in [0.25, 0.3) is 0 Å². The molecule has 0 heterocycles. The molecule has 0 amide bonds. The van der Waals surface area contributed by atoms with Crippen LogP contribution in [0.5, 0.6) is 0 Å². The first-order chi connectivity index (χ1) is 9.20. The summed E-state index contributed by atoms with van der Waals surface area (Å²) in [6.07, 6.45) is 6.42. The van der Waals surface area contributed by atoms with Crippen LogP contribution in [0.2, 0.25) is 5.02 Å². The molecule has 1 unspecified atom stereocenters. The van der Waals surface area contributed by atoms with Crippen molar-refractivity contribution in [2.75, 3.05) is 0 Å². The Hall–Kier alpha value is -2.01. The van der Waals surface area contributed by atoms with Crippen molar-refractivity contribution in [3.05, 3.63) is 76.8 Å². The zero-order chi connectivity index (χ0) is 13.7. The lowest BCUT2D eigenvalue weighted by molar-refractivity contribution is 0.229. The molecule has 0 saturated carbocycles. The van der Waals surface area contributed by atoms with Gasteiger partial charge < -0.3 is 5.11 Å². The lowest BCUT2D eigenvalue weighted by Crippen LogP contribution is -1.94. The van der Waals surface area contributed by atoms with Crippen molar-refractivity contribution in [1.82, 2.24) is 0 Å². The van der Waals surface area contributed by atoms with E-state index in [-0.39, 0.29) is 0 Å². The molecule has 94 valence electrons. The predicted octanol–water partition coefficient (Wildman–Crippen LogP) is 4.09. The summed E-state index contributed by atoms with van der Waals surface area (Å²) in [4.78, 5) is 0. The molecule has 0 radical (unpaired) electrons. The van der Waals surface area contributed by atoms with Crippen molar-refractivity contribution in [2.45, 2.75) is 6.10 Å². The van der Waals surface area contributed by atoms with Crippen molar-refractivity contribution >= 4 is 17.2 Å². The van der Waals surface area contributed by atoms with E-state index in [2.05, 4.69) is 5.92 Å². The third-order valence-corrected chi connectivity index (χ3v) is 3.03. The zero-order valence-corrected chi connectivity index (χ0v) is 11.0. The first-order valence-electron chi connectivity index (χ1n) is 5.88. The van der Waals surface area contributed by atoms with Crippen LogP contribution in [-0.4, -0.2) is 5.11 Å². The average molecular weight is 269 g/mol. The summed E-state index contributed by atoms with van der Waals surface area (Å²) in [5.41, 5.74) is 2.34. The highest BCUT2D eigenvalue weighted by Gasteiger charge is 2.06. The van der Waals surface area contributed by atoms with E-state index in [0.717, 1.165) is 11.1 Å². The molecule has 0 spiro atoms. The van der Waals surface area contributed by atoms with E-state index in [9.17, 15) is 5.11 Å². The number of aliphatic hydroxyl groups is 1. The van der Waals surface area contributed by atoms with Crippen molar-refractivity contribution in [3.8, 4) is 12.3 Å². The molecule has 0 aliphatic rings. The molecule has 1 N–H and O–H groups in total. The summed E-state index contributed by atoms with van der Waals surface area (Å²) >= 11 is 5.82. The van der Waals surface area contributed by atoms with E-state index in [1.165, 1.54) is 0 Å². The molecule has 0 bridgehead atoms. The Kier molecular flexibility index (Phi) is 4.41. The predicted molar refractivity (Wildman–Crippen MR) is 79.7 cm³/mol. The molecule has 19 heavy (non-hydrogen) atoms. The molecule has 1 atom stereocenters. The van der Waals surface area contributed by atoms with Crippen LogP contribution in [0.1, 0.15) is 17.2 Å². The van der Waals surface area contributed by atoms with E-state index >= 15 is 0 Å². The summed E-state index contributed by atoms with van der Waals surface area (Å²) in [6.45, 7) is 0. The molecule has 2 rings (SSSR count). The molecular formula is C17H13ClO. The van der Waals surface area contributed by atoms with Crippen LogP contribution >= 0.6 is 11.6 Å². The Bertz CT molecular complexity index is 606. The van der Waals surface area contributed by atoms with Gasteiger partial charge in [0.1, 0.15) is 0 Å². The first kappa shape index (κ1) is 13.4. The van der Waals surface area contributed by atoms with Gasteiger partial charge in [-0.2, -0.15) is 0 Å². The van der Waals surface area contributed by atoms with E-state index in [1.54, 1.807) is 30.3 Å². The van der Waals surface area contributed by atoms with Gasteiger partial charge in [-0.25, -0.2) is 0 Å². The van der Waals surface area contributed by atoms with Crippen LogP contribution in [0, 0.1) is 12.3 Å². The second-order valence-corrected chi connectivity index (χ2v) is 4.52. The quantitative estimate of drug-likeness (QED) is 0.832. The van der Waals surface area contributed by atoms with Crippen molar-refractivity contribution in [1.29, 1.82) is 0 Å². The number of hydrogen-bond acceptors (Lipinski definition) is 1. The molecule has 0 fully saturated rings. The SMILES string of the molecule is C#C/C(=C\C(O)c1ccc(Cl)cc1)c1ccccc1. The van der Waals surface area contributed by atoms with Crippen LogP contribution in [0.3, 0.4) is 0 Å². The normalized spacial score (nSPS) is 12.8. The van der Waals surface area contributed by atoms with Gasteiger partial charge in [0, 0.05) is 10.6 Å². The van der Waals surface area contributed by atoms with Crippen LogP contribution < -0.4 is 0 Å². The molecule has 0 aromatic heterocycles. The fourth-order valence-corrected chi connectivity index (χ4v) is 1.89. The van der Waals surface area contributed by atoms with Crippen LogP contribution in [-0.2, 0) is 0 Å². The minimum absolute atomic E-state index is 0.639. The maximum Gasteiger partial charge on any atom is 0.0986 e. The summed E-state index contributed by atoms with van der Waals surface area (Å²) < 4.78 is 0. The van der Waals surface area contributed by atoms with Gasteiger partial charge in [0.15, 0.2) is 0 Å². The van der Waals surface area contributed by atoms with Crippen LogP contribution in [0.25, 0.3) is 5.57 Å². The topological polar surface area (TPSA) is 20.2 Å². The van der Waals surface area contributed by atoms with Gasteiger partial charge in [0.2, 0.25) is 0 Å². The highest BCUT2D eigenvalue weighted by Crippen LogP contribution is 2.22. The Balaban J connectivity index is 2.28. The maximum absolute atomic E-state index is 10.2. The standard InChI is InChI=1S/C17H13ClO/c1-2-13(14-6-4-3-5-7-14)12-17(19)15-8-10-16(18)11-9-15/h1,3-12,17,19H/b13-12+. The Morgan fingerprint density at radius 1 is 1.11 bits per heavy atom. The Morgan fingerprint density at radius 2 is 1.74 bits per heavy atom. The fraction of sp³-hybridized carbons (Fsp3) is 0.0588. The van der Waals surface area contributed by atoms with E-state index in [0.29, 0.717) is 10.6 Å². The van der Waals surface area contributed by atoms with Gasteiger partial charge in [-0.3, -0.25) is 0 Å². The number of halogens is 1. The second-order valence-electron chi connectivity index (χ2n) is 4.09. The fourth-order valence-electron chi connectivity index (χ4n) is 1.76. The number of aliphatic hydroxyl groups excluding tert-OH is 1. The molecular weight excluding hydrogens is 256 g/mol. The number of hydrogen-bond donors (Lipinski definition) is 1. The minimum atomic E-state index is -0.747. The lowest BCUT2D eigenvalue weighted by atomic mass is 10.0. The number of rotatable bonds is 3. The summed E-state index contributed by atoms with van der Waals surface area (Å²) in [6, 6.07) is 16.6. The number of allylic oxidation sites excluding steroid dienone is 1. The Morgan fingerprint density at radius 3 is 2.32 bits per heavy atom. The van der Waals surface area contributed by atoms with Crippen LogP contribution in [0.4, 0.5) is 0 Å². The smallest absolute Gasteiger partial charge is 0.0986 e. The van der Waals surface area contributed by atoms with Gasteiger partial charge in [-0.05, 0) is 29.3 Å². The summed E-state index contributed by atoms with van der Waals surface area (Å²) in [5.74, 6) is 2.61. The number of benzene rings is 2. The lowest BCUT2D eigenvalue weighted by Gasteiger charge is -2.08. The summed E-state index contributed by atoms with van der Waals surface area (Å²) in [7, 11) is 0. The molecule has 0 aliphatic carbocycles. The van der Waals surface area contributed by atoms with E-state index in [4.69, 9.17) is 18.0 Å². The first-order valence-corrected chi connectivity index (χ1v) is 6.26. The van der Waals surface area contributed by atoms with Crippen LogP contribution in [0.15, 0.2) is 60.7 Å². The monoisotopic (exact) mass is 268 g/mol. The molecule has 2 aromatic carbocycles. The molecule has 0 aliphatic heterocycles. The number of terminal acetylenes is 1. The van der Waals surface area contributed by atoms with Crippen molar-refractivity contribution < 1.29 is 5.11 Å². The average Bonchev–Trinajstić information content (AvgIpc) is 2.46. The van der Waals surface area contributed by atoms with E-state index in [1.807, 2.05) is 30.3 Å². The maximum atomic E-state index is 10.2. The van der Waals surface area contributed by atoms with Gasteiger partial charge in [-0.15, -0.1) is 6.42 Å². The minimum Gasteiger partial charge on any atom is -0.384 e. The molecule has 0 saturated heterocycles. The second kappa shape index (κ2) is 6.24. The van der Waals surface area contributed by atoms with Crippen molar-refractivity contribution in [3.63, 3.8) is 0 Å². The Labute approximate surface area is 118 Å². The largest absolute Gasteiger partial charge is 0.384 e. The van der Waals surface area contributed by atoms with Gasteiger partial charge in [0.05, 0.1) is 6.10 Å². The third-order valence-electron chi connectivity index (χ3n) is 2.78. The third kappa shape index (κ3) is 3.48. The molecule has 2 heteroatoms. The molecule has 2 aromatic rings. The highest BCUT2D eigenvalue weighted by molar-refractivity contribution is 6.30. The van der Waals surface area contributed by atoms with E-state index < -0.39 is 6.10 Å². The van der Waals surface area contributed by atoms with Crippen molar-refractivity contribution in [2.24, 2.45) is 0 Å². The summed E-state index contributed by atoms with van der Waals surface area (Å²) in [5, 5.41) is 10.8. The molecule has 1 nitrogen and oxygen atoms in total. The highest BCUT2D eigenvalue weighted by atomic mass is 35.5. The van der Waals surface area contributed by atoms with Gasteiger partial charge >= 0.3 is 0 Å². The zero-order valence-electron chi connectivity index (χ0n) is 10.3.